The lowest BCUT2D eigenvalue weighted by atomic mass is 9.90. The molecule has 8 nitrogen and oxygen atoms in total. The molecule has 3 aliphatic rings. The van der Waals surface area contributed by atoms with Crippen LogP contribution in [0.25, 0.3) is 21.3 Å². The topological polar surface area (TPSA) is 97.7 Å². The van der Waals surface area contributed by atoms with Gasteiger partial charge in [0.1, 0.15) is 11.3 Å². The van der Waals surface area contributed by atoms with Gasteiger partial charge in [0.15, 0.2) is 5.65 Å². The summed E-state index contributed by atoms with van der Waals surface area (Å²) in [5, 5.41) is 1.63. The predicted molar refractivity (Wildman–Crippen MR) is 117 cm³/mol. The second-order valence-corrected chi connectivity index (χ2v) is 9.12. The summed E-state index contributed by atoms with van der Waals surface area (Å²) in [4.78, 5) is 24.6. The van der Waals surface area contributed by atoms with E-state index in [2.05, 4.69) is 14.9 Å². The summed E-state index contributed by atoms with van der Waals surface area (Å²) in [5.74, 6) is 0.682. The minimum atomic E-state index is -0.306. The van der Waals surface area contributed by atoms with Crippen LogP contribution in [0.15, 0.2) is 47.2 Å². The molecule has 0 radical (unpaired) electrons. The Morgan fingerprint density at radius 1 is 1.26 bits per heavy atom. The van der Waals surface area contributed by atoms with Gasteiger partial charge in [0.2, 0.25) is 0 Å². The molecule has 4 aromatic rings. The first-order valence-electron chi connectivity index (χ1n) is 10.3. The molecular formula is C22H21N5O3S. The summed E-state index contributed by atoms with van der Waals surface area (Å²) in [6, 6.07) is 9.99. The lowest BCUT2D eigenvalue weighted by Gasteiger charge is -2.50. The Hall–Kier alpha value is -3.17. The maximum Gasteiger partial charge on any atom is 0.315 e. The van der Waals surface area contributed by atoms with Crippen LogP contribution in [0.2, 0.25) is 0 Å². The molecule has 3 saturated heterocycles. The van der Waals surface area contributed by atoms with Gasteiger partial charge in [0, 0.05) is 54.9 Å². The molecule has 0 aliphatic carbocycles. The van der Waals surface area contributed by atoms with Gasteiger partial charge in [-0.1, -0.05) is 11.3 Å². The monoisotopic (exact) mass is 435 g/mol. The van der Waals surface area contributed by atoms with Gasteiger partial charge in [-0.3, -0.25) is 4.90 Å². The molecule has 2 amide bonds. The predicted octanol–water partition coefficient (Wildman–Crippen LogP) is 3.96. The van der Waals surface area contributed by atoms with Crippen molar-refractivity contribution in [1.29, 1.82) is 0 Å². The van der Waals surface area contributed by atoms with Crippen LogP contribution in [0, 0.1) is 0 Å². The summed E-state index contributed by atoms with van der Waals surface area (Å²) in [5.41, 5.74) is 8.15. The lowest BCUT2D eigenvalue weighted by Crippen LogP contribution is -2.64. The largest absolute Gasteiger partial charge is 0.464 e. The zero-order valence-electron chi connectivity index (χ0n) is 16.7. The molecular weight excluding hydrogens is 414 g/mol. The molecule has 3 aliphatic heterocycles. The fraction of sp³-hybridized carbons (Fsp3) is 0.318. The van der Waals surface area contributed by atoms with Crippen LogP contribution in [0.5, 0.6) is 10.9 Å². The molecule has 158 valence electrons. The highest BCUT2D eigenvalue weighted by molar-refractivity contribution is 7.20. The number of furan rings is 1. The Morgan fingerprint density at radius 3 is 2.97 bits per heavy atom. The summed E-state index contributed by atoms with van der Waals surface area (Å²) < 4.78 is 12.8. The van der Waals surface area contributed by atoms with Crippen LogP contribution in [0.4, 0.5) is 4.79 Å². The number of carbonyl (C=O) groups excluding carboxylic acids is 1. The van der Waals surface area contributed by atoms with Gasteiger partial charge in [-0.05, 0) is 37.1 Å². The highest BCUT2D eigenvalue weighted by Gasteiger charge is 2.40. The summed E-state index contributed by atoms with van der Waals surface area (Å²) >= 11 is 1.47. The van der Waals surface area contributed by atoms with Gasteiger partial charge < -0.3 is 19.8 Å². The molecule has 9 heteroatoms. The number of hydrogen-bond donors (Lipinski definition) is 1. The second kappa shape index (κ2) is 7.21. The molecule has 6 heterocycles. The van der Waals surface area contributed by atoms with E-state index in [4.69, 9.17) is 14.9 Å². The van der Waals surface area contributed by atoms with E-state index in [0.717, 1.165) is 47.2 Å². The molecule has 3 fully saturated rings. The number of fused-ring (bicyclic) bond motifs is 5. The Kier molecular flexibility index (Phi) is 4.32. The van der Waals surface area contributed by atoms with E-state index in [9.17, 15) is 4.79 Å². The minimum absolute atomic E-state index is 0.212. The number of primary amides is 1. The molecule has 0 unspecified atom stereocenters. The van der Waals surface area contributed by atoms with E-state index in [0.29, 0.717) is 29.2 Å². The average Bonchev–Trinajstić information content (AvgIpc) is 3.37. The molecule has 2 bridgehead atoms. The van der Waals surface area contributed by atoms with Crippen molar-refractivity contribution in [1.82, 2.24) is 19.8 Å². The van der Waals surface area contributed by atoms with E-state index in [-0.39, 0.29) is 12.1 Å². The van der Waals surface area contributed by atoms with E-state index in [1.807, 2.05) is 41.5 Å². The molecule has 3 aromatic heterocycles. The van der Waals surface area contributed by atoms with Gasteiger partial charge in [0.05, 0.1) is 11.0 Å². The van der Waals surface area contributed by atoms with E-state index in [1.165, 1.54) is 11.3 Å². The van der Waals surface area contributed by atoms with Gasteiger partial charge in [-0.25, -0.2) is 9.78 Å². The summed E-state index contributed by atoms with van der Waals surface area (Å²) in [6.07, 6.45) is 5.67. The molecule has 31 heavy (non-hydrogen) atoms. The summed E-state index contributed by atoms with van der Waals surface area (Å²) in [6.45, 7) is 2.36. The number of hydrogen-bond acceptors (Lipinski definition) is 7. The molecule has 0 saturated carbocycles. The second-order valence-electron chi connectivity index (χ2n) is 8.13. The number of piperazine rings is 1. The van der Waals surface area contributed by atoms with Crippen molar-refractivity contribution in [3.8, 4) is 10.9 Å². The van der Waals surface area contributed by atoms with E-state index < -0.39 is 0 Å². The van der Waals surface area contributed by atoms with Gasteiger partial charge in [-0.15, -0.1) is 0 Å². The number of pyridine rings is 1. The Bertz CT molecular complexity index is 1250. The quantitative estimate of drug-likeness (QED) is 0.521. The van der Waals surface area contributed by atoms with Crippen molar-refractivity contribution in [3.05, 3.63) is 48.4 Å². The normalized spacial score (nSPS) is 21.2. The molecule has 7 rings (SSSR count). The maximum absolute atomic E-state index is 11.7. The molecule has 2 atom stereocenters. The molecule has 2 N–H and O–H groups in total. The Labute approximate surface area is 182 Å². The highest BCUT2D eigenvalue weighted by Crippen LogP contribution is 2.35. The number of piperidine rings is 2. The Morgan fingerprint density at radius 2 is 2.16 bits per heavy atom. The van der Waals surface area contributed by atoms with Crippen LogP contribution in [-0.4, -0.2) is 51.0 Å². The van der Waals surface area contributed by atoms with E-state index in [1.54, 1.807) is 6.20 Å². The van der Waals surface area contributed by atoms with Crippen molar-refractivity contribution < 1.29 is 13.9 Å². The first kappa shape index (κ1) is 18.6. The molecule has 1 aromatic carbocycles. The first-order valence-corrected chi connectivity index (χ1v) is 11.2. The fourth-order valence-electron chi connectivity index (χ4n) is 4.74. The van der Waals surface area contributed by atoms with Crippen molar-refractivity contribution in [2.75, 3.05) is 13.1 Å². The van der Waals surface area contributed by atoms with Crippen LogP contribution < -0.4 is 10.5 Å². The fourth-order valence-corrected chi connectivity index (χ4v) is 5.54. The van der Waals surface area contributed by atoms with Crippen LogP contribution in [0.3, 0.4) is 0 Å². The third-order valence-electron chi connectivity index (χ3n) is 6.28. The number of aromatic nitrogens is 2. The average molecular weight is 436 g/mol. The zero-order valence-corrected chi connectivity index (χ0v) is 17.5. The number of nitrogens with two attached hydrogens (primary N) is 1. The van der Waals surface area contributed by atoms with Gasteiger partial charge >= 0.3 is 6.03 Å². The lowest BCUT2D eigenvalue weighted by molar-refractivity contribution is -0.000881. The number of thiazole rings is 1. The number of nitrogens with zero attached hydrogens (tertiary/aromatic N) is 4. The maximum atomic E-state index is 11.7. The summed E-state index contributed by atoms with van der Waals surface area (Å²) in [7, 11) is 0. The SMILES string of the molecule is NC(=O)N1C[C@H]2CC[C@H]1CN2Cc1coc2cc(Oc3nc4ncccc4s3)ccc12. The van der Waals surface area contributed by atoms with Crippen molar-refractivity contribution in [3.63, 3.8) is 0 Å². The van der Waals surface area contributed by atoms with Crippen LogP contribution in [-0.2, 0) is 6.54 Å². The Balaban J connectivity index is 1.20. The first-order chi connectivity index (χ1) is 15.1. The zero-order chi connectivity index (χ0) is 20.9. The molecule has 0 spiro atoms. The van der Waals surface area contributed by atoms with Gasteiger partial charge in [0.25, 0.3) is 5.19 Å². The third kappa shape index (κ3) is 3.30. The third-order valence-corrected chi connectivity index (χ3v) is 7.16. The van der Waals surface area contributed by atoms with Crippen molar-refractivity contribution in [2.45, 2.75) is 31.5 Å². The number of amides is 2. The van der Waals surface area contributed by atoms with Gasteiger partial charge in [-0.2, -0.15) is 4.98 Å². The van der Waals surface area contributed by atoms with Crippen molar-refractivity contribution in [2.24, 2.45) is 5.73 Å². The minimum Gasteiger partial charge on any atom is -0.464 e. The standard InChI is InChI=1S/C22H21N5O3S/c23-21(28)27-11-14-3-4-15(27)10-26(14)9-13-12-29-18-8-16(5-6-17(13)18)30-22-25-20-19(31-22)2-1-7-24-20/h1-2,5-8,12,14-15H,3-4,9-11H2,(H2,23,28)/t14-,15+/m1/s1. The smallest absolute Gasteiger partial charge is 0.315 e. The van der Waals surface area contributed by atoms with Crippen molar-refractivity contribution >= 4 is 38.7 Å². The van der Waals surface area contributed by atoms with E-state index >= 15 is 0 Å². The number of ether oxygens (including phenoxy) is 1. The number of carbonyl (C=O) groups is 1. The highest BCUT2D eigenvalue weighted by atomic mass is 32.1. The van der Waals surface area contributed by atoms with Crippen LogP contribution >= 0.6 is 11.3 Å². The number of rotatable bonds is 4. The van der Waals surface area contributed by atoms with Crippen LogP contribution in [0.1, 0.15) is 18.4 Å². The number of urea groups is 1. The number of benzene rings is 1.